The van der Waals surface area contributed by atoms with Crippen molar-refractivity contribution in [3.8, 4) is 5.75 Å². The number of methoxy groups -OCH3 is 1. The third-order valence-electron chi connectivity index (χ3n) is 4.87. The number of halogens is 1. The summed E-state index contributed by atoms with van der Waals surface area (Å²) in [6, 6.07) is 14.7. The van der Waals surface area contributed by atoms with Gasteiger partial charge in [-0.1, -0.05) is 66.4 Å². The van der Waals surface area contributed by atoms with Crippen molar-refractivity contribution in [2.45, 2.75) is 44.9 Å². The predicted octanol–water partition coefficient (Wildman–Crippen LogP) is 5.69. The van der Waals surface area contributed by atoms with Gasteiger partial charge >= 0.3 is 5.97 Å². The maximum absolute atomic E-state index is 11.6. The molecule has 1 fully saturated rings. The van der Waals surface area contributed by atoms with Gasteiger partial charge in [0.05, 0.1) is 19.6 Å². The Morgan fingerprint density at radius 1 is 1.19 bits per heavy atom. The van der Waals surface area contributed by atoms with Crippen LogP contribution in [0.15, 0.2) is 46.9 Å². The van der Waals surface area contributed by atoms with Gasteiger partial charge in [-0.15, -0.1) is 0 Å². The van der Waals surface area contributed by atoms with Crippen molar-refractivity contribution in [1.82, 2.24) is 0 Å². The summed E-state index contributed by atoms with van der Waals surface area (Å²) in [4.78, 5) is 11.6. The third-order valence-corrected chi connectivity index (χ3v) is 5.40. The smallest absolute Gasteiger partial charge is 0.308 e. The van der Waals surface area contributed by atoms with E-state index in [1.807, 2.05) is 19.1 Å². The Morgan fingerprint density at radius 3 is 2.52 bits per heavy atom. The van der Waals surface area contributed by atoms with Crippen LogP contribution in [0.4, 0.5) is 0 Å². The van der Waals surface area contributed by atoms with E-state index in [1.54, 1.807) is 0 Å². The van der Waals surface area contributed by atoms with Crippen molar-refractivity contribution < 1.29 is 14.3 Å². The van der Waals surface area contributed by atoms with Crippen LogP contribution in [0, 0.1) is 5.92 Å². The molecule has 4 heteroatoms. The number of rotatable bonds is 4. The largest absolute Gasteiger partial charge is 0.493 e. The van der Waals surface area contributed by atoms with Gasteiger partial charge in [0.1, 0.15) is 5.75 Å². The average Bonchev–Trinajstić information content (AvgIpc) is 3.56. The summed E-state index contributed by atoms with van der Waals surface area (Å²) in [7, 11) is 1.43. The zero-order valence-electron chi connectivity index (χ0n) is 16.0. The lowest BCUT2D eigenvalue weighted by Crippen LogP contribution is -2.20. The molecule has 0 amide bonds. The molecular formula is C23H27BrO3. The topological polar surface area (TPSA) is 35.5 Å². The molecule has 1 aliphatic carbocycles. The molecule has 0 aromatic heterocycles. The van der Waals surface area contributed by atoms with Crippen molar-refractivity contribution in [1.29, 1.82) is 0 Å². The Kier molecular flexibility index (Phi) is 6.95. The predicted molar refractivity (Wildman–Crippen MR) is 111 cm³/mol. The minimum Gasteiger partial charge on any atom is -0.493 e. The fraction of sp³-hybridized carbons (Fsp3) is 0.435. The van der Waals surface area contributed by atoms with E-state index in [-0.39, 0.29) is 11.9 Å². The van der Waals surface area contributed by atoms with Crippen LogP contribution in [0.1, 0.15) is 48.8 Å². The first-order valence-corrected chi connectivity index (χ1v) is 10.4. The van der Waals surface area contributed by atoms with Crippen molar-refractivity contribution in [3.63, 3.8) is 0 Å². The van der Waals surface area contributed by atoms with Gasteiger partial charge in [0.15, 0.2) is 0 Å². The highest BCUT2D eigenvalue weighted by Crippen LogP contribution is 2.33. The zero-order chi connectivity index (χ0) is 19.2. The first-order chi connectivity index (χ1) is 13.1. The molecule has 1 saturated carbocycles. The number of hydrogen-bond acceptors (Lipinski definition) is 3. The molecule has 2 aromatic rings. The Balaban J connectivity index is 0.000000637. The average molecular weight is 431 g/mol. The van der Waals surface area contributed by atoms with Crippen LogP contribution in [0.3, 0.4) is 0 Å². The van der Waals surface area contributed by atoms with E-state index in [0.717, 1.165) is 22.2 Å². The number of carbonyl (C=O) groups is 1. The maximum atomic E-state index is 11.6. The summed E-state index contributed by atoms with van der Waals surface area (Å²) in [6.45, 7) is 2.60. The van der Waals surface area contributed by atoms with Gasteiger partial charge in [0, 0.05) is 10.4 Å². The lowest BCUT2D eigenvalue weighted by molar-refractivity contribution is -0.144. The van der Waals surface area contributed by atoms with E-state index < -0.39 is 0 Å². The van der Waals surface area contributed by atoms with Crippen LogP contribution in [0.5, 0.6) is 5.75 Å². The highest BCUT2D eigenvalue weighted by Gasteiger charge is 2.22. The fourth-order valence-corrected chi connectivity index (χ4v) is 3.43. The molecule has 27 heavy (non-hydrogen) atoms. The minimum atomic E-state index is -0.170. The summed E-state index contributed by atoms with van der Waals surface area (Å²) >= 11 is 3.48. The third kappa shape index (κ3) is 5.83. The molecule has 0 radical (unpaired) electrons. The zero-order valence-corrected chi connectivity index (χ0v) is 17.6. The molecule has 2 atom stereocenters. The molecule has 0 N–H and O–H groups in total. The number of ether oxygens (including phenoxy) is 2. The molecule has 2 unspecified atom stereocenters. The molecule has 144 valence electrons. The van der Waals surface area contributed by atoms with E-state index in [0.29, 0.717) is 18.9 Å². The number of carbonyl (C=O) groups excluding carboxylic acids is 1. The highest BCUT2D eigenvalue weighted by atomic mass is 79.9. The van der Waals surface area contributed by atoms with Crippen molar-refractivity contribution >= 4 is 21.9 Å². The number of esters is 1. The van der Waals surface area contributed by atoms with Crippen LogP contribution in [0.25, 0.3) is 0 Å². The van der Waals surface area contributed by atoms with Gasteiger partial charge in [0.25, 0.3) is 0 Å². The van der Waals surface area contributed by atoms with Crippen LogP contribution >= 0.6 is 15.9 Å². The normalized spacial score (nSPS) is 18.3. The Morgan fingerprint density at radius 2 is 1.89 bits per heavy atom. The second-order valence-electron chi connectivity index (χ2n) is 7.39. The van der Waals surface area contributed by atoms with Gasteiger partial charge in [-0.05, 0) is 47.7 Å². The maximum Gasteiger partial charge on any atom is 0.308 e. The Bertz CT molecular complexity index is 765. The summed E-state index contributed by atoms with van der Waals surface area (Å²) < 4.78 is 11.8. The summed E-state index contributed by atoms with van der Waals surface area (Å²) in [6.07, 6.45) is 6.14. The van der Waals surface area contributed by atoms with Gasteiger partial charge in [-0.2, -0.15) is 0 Å². The molecule has 3 nitrogen and oxygen atoms in total. The van der Waals surface area contributed by atoms with Crippen molar-refractivity contribution in [2.24, 2.45) is 5.92 Å². The van der Waals surface area contributed by atoms with Crippen molar-refractivity contribution in [3.05, 3.63) is 63.6 Å². The fourth-order valence-electron chi connectivity index (χ4n) is 3.16. The molecule has 2 aliphatic rings. The lowest BCUT2D eigenvalue weighted by Gasteiger charge is -2.26. The Labute approximate surface area is 170 Å². The lowest BCUT2D eigenvalue weighted by atomic mass is 9.89. The minimum absolute atomic E-state index is 0.139. The molecule has 4 rings (SSSR count). The summed E-state index contributed by atoms with van der Waals surface area (Å²) in [5.74, 6) is 1.01. The van der Waals surface area contributed by atoms with E-state index in [1.165, 1.54) is 37.5 Å². The van der Waals surface area contributed by atoms with Gasteiger partial charge in [0.2, 0.25) is 0 Å². The first-order valence-electron chi connectivity index (χ1n) is 9.64. The van der Waals surface area contributed by atoms with Crippen LogP contribution in [-0.2, 0) is 22.4 Å². The van der Waals surface area contributed by atoms with E-state index in [4.69, 9.17) is 9.47 Å². The monoisotopic (exact) mass is 430 g/mol. The number of hydrogen-bond donors (Lipinski definition) is 0. The van der Waals surface area contributed by atoms with E-state index >= 15 is 0 Å². The second-order valence-corrected chi connectivity index (χ2v) is 8.31. The number of fused-ring (bicyclic) bond motifs is 1. The molecule has 1 heterocycles. The van der Waals surface area contributed by atoms with Gasteiger partial charge < -0.3 is 9.47 Å². The molecule has 1 aliphatic heterocycles. The van der Waals surface area contributed by atoms with E-state index in [9.17, 15) is 4.79 Å². The van der Waals surface area contributed by atoms with Gasteiger partial charge in [-0.25, -0.2) is 0 Å². The molecule has 0 saturated heterocycles. The van der Waals surface area contributed by atoms with Crippen LogP contribution in [0.2, 0.25) is 0 Å². The second kappa shape index (κ2) is 9.41. The molecule has 0 bridgehead atoms. The Hall–Kier alpha value is -1.81. The molecule has 2 aromatic carbocycles. The molecular weight excluding hydrogens is 404 g/mol. The number of benzene rings is 2. The van der Waals surface area contributed by atoms with E-state index in [2.05, 4.69) is 46.3 Å². The van der Waals surface area contributed by atoms with Crippen LogP contribution < -0.4 is 4.74 Å². The first kappa shape index (κ1) is 19.9. The SMILES string of the molecule is C1CC1.COC(=O)C(C)Cc1ccc2c(c1)CC(c1ccc(Br)cc1)CO2. The summed E-state index contributed by atoms with van der Waals surface area (Å²) in [5.41, 5.74) is 3.65. The van der Waals surface area contributed by atoms with Crippen LogP contribution in [-0.4, -0.2) is 19.7 Å². The molecule has 0 spiro atoms. The highest BCUT2D eigenvalue weighted by molar-refractivity contribution is 9.10. The quantitative estimate of drug-likeness (QED) is 0.584. The van der Waals surface area contributed by atoms with Crippen molar-refractivity contribution in [2.75, 3.05) is 13.7 Å². The standard InChI is InChI=1S/C20H21BrO3.C3H6/c1-13(20(22)23-2)9-14-3-8-19-16(10-14)11-17(12-24-19)15-4-6-18(21)7-5-15;1-2-3-1/h3-8,10,13,17H,9,11-12H2,1-2H3;1-3H2. The summed E-state index contributed by atoms with van der Waals surface area (Å²) in [5, 5.41) is 0. The van der Waals surface area contributed by atoms with Gasteiger partial charge in [-0.3, -0.25) is 4.79 Å².